The normalized spacial score (nSPS) is 10.3. The molecule has 3 rings (SSSR count). The van der Waals surface area contributed by atoms with Gasteiger partial charge in [-0.2, -0.15) is 0 Å². The number of nitrogens with one attached hydrogen (secondary N) is 1. The van der Waals surface area contributed by atoms with Crippen molar-refractivity contribution >= 4 is 17.4 Å². The van der Waals surface area contributed by atoms with Gasteiger partial charge in [-0.1, -0.05) is 23.4 Å². The first-order chi connectivity index (χ1) is 11.1. The van der Waals surface area contributed by atoms with Crippen molar-refractivity contribution in [3.8, 4) is 5.69 Å². The number of benzene rings is 2. The number of amides is 1. The Morgan fingerprint density at radius 1 is 1.00 bits per heavy atom. The average Bonchev–Trinajstić information content (AvgIpc) is 3.06. The molecular formula is C17H14N4O2. The van der Waals surface area contributed by atoms with Crippen LogP contribution in [0.2, 0.25) is 0 Å². The fourth-order valence-corrected chi connectivity index (χ4v) is 2.06. The van der Waals surface area contributed by atoms with Gasteiger partial charge in [-0.15, -0.1) is 5.10 Å². The van der Waals surface area contributed by atoms with Crippen molar-refractivity contribution in [3.05, 3.63) is 72.1 Å². The molecule has 0 spiro atoms. The van der Waals surface area contributed by atoms with Crippen LogP contribution < -0.4 is 5.32 Å². The van der Waals surface area contributed by atoms with Crippen LogP contribution in [0, 0.1) is 0 Å². The number of hydrogen-bond donors (Lipinski definition) is 1. The second-order valence-electron chi connectivity index (χ2n) is 4.97. The molecule has 0 bridgehead atoms. The van der Waals surface area contributed by atoms with Crippen LogP contribution in [0.4, 0.5) is 5.69 Å². The fraction of sp³-hybridized carbons (Fsp3) is 0.0588. The molecule has 0 saturated carbocycles. The molecule has 114 valence electrons. The SMILES string of the molecule is CC(=O)c1ccc(NC(=O)c2cn(-c3ccccc3)nn2)cc1. The van der Waals surface area contributed by atoms with Crippen LogP contribution in [0.15, 0.2) is 60.8 Å². The van der Waals surface area contributed by atoms with E-state index in [0.717, 1.165) is 5.69 Å². The molecule has 23 heavy (non-hydrogen) atoms. The molecule has 0 atom stereocenters. The number of anilines is 1. The van der Waals surface area contributed by atoms with Crippen molar-refractivity contribution in [2.75, 3.05) is 5.32 Å². The summed E-state index contributed by atoms with van der Waals surface area (Å²) in [5.41, 5.74) is 2.22. The highest BCUT2D eigenvalue weighted by Gasteiger charge is 2.12. The Bertz CT molecular complexity index is 839. The van der Waals surface area contributed by atoms with Crippen LogP contribution in [-0.2, 0) is 0 Å². The Morgan fingerprint density at radius 3 is 2.35 bits per heavy atom. The van der Waals surface area contributed by atoms with Crippen LogP contribution >= 0.6 is 0 Å². The number of carbonyl (C=O) groups is 2. The van der Waals surface area contributed by atoms with Crippen molar-refractivity contribution in [1.29, 1.82) is 0 Å². The van der Waals surface area contributed by atoms with Gasteiger partial charge in [0, 0.05) is 11.3 Å². The lowest BCUT2D eigenvalue weighted by Gasteiger charge is -2.03. The van der Waals surface area contributed by atoms with Gasteiger partial charge in [0.25, 0.3) is 5.91 Å². The third kappa shape index (κ3) is 3.32. The predicted molar refractivity (Wildman–Crippen MR) is 85.8 cm³/mol. The highest BCUT2D eigenvalue weighted by atomic mass is 16.2. The summed E-state index contributed by atoms with van der Waals surface area (Å²) in [4.78, 5) is 23.4. The largest absolute Gasteiger partial charge is 0.321 e. The van der Waals surface area contributed by atoms with Gasteiger partial charge in [0.15, 0.2) is 11.5 Å². The first kappa shape index (κ1) is 14.6. The lowest BCUT2D eigenvalue weighted by molar-refractivity contribution is 0.101. The van der Waals surface area contributed by atoms with Crippen LogP contribution in [0.3, 0.4) is 0 Å². The highest BCUT2D eigenvalue weighted by Crippen LogP contribution is 2.12. The van der Waals surface area contributed by atoms with E-state index in [9.17, 15) is 9.59 Å². The number of hydrogen-bond acceptors (Lipinski definition) is 4. The van der Waals surface area contributed by atoms with E-state index in [-0.39, 0.29) is 17.4 Å². The molecule has 1 amide bonds. The average molecular weight is 306 g/mol. The topological polar surface area (TPSA) is 76.9 Å². The van der Waals surface area contributed by atoms with Gasteiger partial charge in [0.05, 0.1) is 11.9 Å². The number of carbonyl (C=O) groups excluding carboxylic acids is 2. The summed E-state index contributed by atoms with van der Waals surface area (Å²) in [5.74, 6) is -0.378. The van der Waals surface area contributed by atoms with Crippen LogP contribution in [0.25, 0.3) is 5.69 Å². The Balaban J connectivity index is 1.74. The maximum absolute atomic E-state index is 12.2. The van der Waals surface area contributed by atoms with E-state index < -0.39 is 0 Å². The van der Waals surface area contributed by atoms with Gasteiger partial charge in [-0.3, -0.25) is 9.59 Å². The zero-order valence-electron chi connectivity index (χ0n) is 12.4. The number of aromatic nitrogens is 3. The molecule has 0 aliphatic carbocycles. The summed E-state index contributed by atoms with van der Waals surface area (Å²) < 4.78 is 1.54. The van der Waals surface area contributed by atoms with E-state index in [1.54, 1.807) is 30.5 Å². The first-order valence-corrected chi connectivity index (χ1v) is 7.03. The summed E-state index contributed by atoms with van der Waals surface area (Å²) in [7, 11) is 0. The molecule has 0 unspecified atom stereocenters. The quantitative estimate of drug-likeness (QED) is 0.752. The number of Topliss-reactive ketones (excluding diaryl/α,β-unsaturated/α-hetero) is 1. The summed E-state index contributed by atoms with van der Waals surface area (Å²) in [6.45, 7) is 1.50. The van der Waals surface area contributed by atoms with Gasteiger partial charge in [0.2, 0.25) is 0 Å². The van der Waals surface area contributed by atoms with E-state index in [1.807, 2.05) is 30.3 Å². The van der Waals surface area contributed by atoms with E-state index in [1.165, 1.54) is 11.6 Å². The van der Waals surface area contributed by atoms with Gasteiger partial charge in [0.1, 0.15) is 0 Å². The number of para-hydroxylation sites is 1. The van der Waals surface area contributed by atoms with Gasteiger partial charge in [-0.05, 0) is 43.3 Å². The van der Waals surface area contributed by atoms with Crippen LogP contribution in [-0.4, -0.2) is 26.7 Å². The molecule has 2 aromatic carbocycles. The van der Waals surface area contributed by atoms with Crippen molar-refractivity contribution in [2.45, 2.75) is 6.92 Å². The minimum absolute atomic E-state index is 0.0197. The maximum Gasteiger partial charge on any atom is 0.277 e. The smallest absolute Gasteiger partial charge is 0.277 e. The number of rotatable bonds is 4. The molecule has 1 heterocycles. The van der Waals surface area contributed by atoms with E-state index in [0.29, 0.717) is 11.3 Å². The molecule has 6 heteroatoms. The van der Waals surface area contributed by atoms with Gasteiger partial charge >= 0.3 is 0 Å². The maximum atomic E-state index is 12.2. The lowest BCUT2D eigenvalue weighted by atomic mass is 10.1. The van der Waals surface area contributed by atoms with Crippen molar-refractivity contribution in [3.63, 3.8) is 0 Å². The summed E-state index contributed by atoms with van der Waals surface area (Å²) in [5, 5.41) is 10.6. The molecular weight excluding hydrogens is 292 g/mol. The monoisotopic (exact) mass is 306 g/mol. The molecule has 3 aromatic rings. The zero-order chi connectivity index (χ0) is 16.2. The Hall–Kier alpha value is -3.28. The predicted octanol–water partition coefficient (Wildman–Crippen LogP) is 2.72. The van der Waals surface area contributed by atoms with Crippen LogP contribution in [0.5, 0.6) is 0 Å². The van der Waals surface area contributed by atoms with Gasteiger partial charge in [-0.25, -0.2) is 4.68 Å². The van der Waals surface area contributed by atoms with Crippen molar-refractivity contribution in [1.82, 2.24) is 15.0 Å². The van der Waals surface area contributed by atoms with Crippen molar-refractivity contribution in [2.24, 2.45) is 0 Å². The van der Waals surface area contributed by atoms with Crippen molar-refractivity contribution < 1.29 is 9.59 Å². The second-order valence-corrected chi connectivity index (χ2v) is 4.97. The Morgan fingerprint density at radius 2 is 1.70 bits per heavy atom. The van der Waals surface area contributed by atoms with Crippen LogP contribution in [0.1, 0.15) is 27.8 Å². The molecule has 6 nitrogen and oxygen atoms in total. The minimum atomic E-state index is -0.359. The number of ketones is 1. The fourth-order valence-electron chi connectivity index (χ4n) is 2.06. The Labute approximate surface area is 132 Å². The van der Waals surface area contributed by atoms with E-state index >= 15 is 0 Å². The standard InChI is InChI=1S/C17H14N4O2/c1-12(22)13-7-9-14(10-8-13)18-17(23)16-11-21(20-19-16)15-5-3-2-4-6-15/h2-11H,1H3,(H,18,23). The molecule has 1 aromatic heterocycles. The van der Waals surface area contributed by atoms with E-state index in [4.69, 9.17) is 0 Å². The molecule has 0 saturated heterocycles. The first-order valence-electron chi connectivity index (χ1n) is 7.03. The molecule has 0 radical (unpaired) electrons. The minimum Gasteiger partial charge on any atom is -0.321 e. The zero-order valence-corrected chi connectivity index (χ0v) is 12.4. The summed E-state index contributed by atoms with van der Waals surface area (Å²) >= 11 is 0. The number of nitrogens with zero attached hydrogens (tertiary/aromatic N) is 3. The summed E-state index contributed by atoms with van der Waals surface area (Å²) in [6, 6.07) is 16.1. The molecule has 0 aliphatic heterocycles. The molecule has 0 aliphatic rings. The molecule has 0 fully saturated rings. The Kier molecular flexibility index (Phi) is 3.97. The second kappa shape index (κ2) is 6.23. The van der Waals surface area contributed by atoms with E-state index in [2.05, 4.69) is 15.6 Å². The molecule has 1 N–H and O–H groups in total. The highest BCUT2D eigenvalue weighted by molar-refractivity contribution is 6.03. The third-order valence-electron chi connectivity index (χ3n) is 3.30. The summed E-state index contributed by atoms with van der Waals surface area (Å²) in [6.07, 6.45) is 1.56. The third-order valence-corrected chi connectivity index (χ3v) is 3.30. The lowest BCUT2D eigenvalue weighted by Crippen LogP contribution is -2.12. The van der Waals surface area contributed by atoms with Gasteiger partial charge < -0.3 is 5.32 Å².